The van der Waals surface area contributed by atoms with Crippen LogP contribution in [0.4, 0.5) is 4.79 Å². The van der Waals surface area contributed by atoms with E-state index in [1.807, 2.05) is 56.9 Å². The molecule has 1 aromatic carbocycles. The van der Waals surface area contributed by atoms with Gasteiger partial charge < -0.3 is 19.9 Å². The van der Waals surface area contributed by atoms with Crippen LogP contribution in [-0.2, 0) is 11.2 Å². The monoisotopic (exact) mass is 455 g/mol. The molecule has 1 atom stereocenters. The van der Waals surface area contributed by atoms with Crippen LogP contribution in [-0.4, -0.2) is 53.5 Å². The summed E-state index contributed by atoms with van der Waals surface area (Å²) < 4.78 is 6.15. The number of hydrogen-bond donors (Lipinski definition) is 1. The van der Waals surface area contributed by atoms with Crippen molar-refractivity contribution in [1.29, 1.82) is 0 Å². The Bertz CT molecular complexity index is 963. The number of benzene rings is 1. The van der Waals surface area contributed by atoms with E-state index in [1.54, 1.807) is 17.4 Å². The molecule has 0 fully saturated rings. The van der Waals surface area contributed by atoms with Gasteiger partial charge in [-0.1, -0.05) is 24.3 Å². The summed E-state index contributed by atoms with van der Waals surface area (Å²) in [6.45, 7) is 12.8. The van der Waals surface area contributed by atoms with Crippen LogP contribution in [0.25, 0.3) is 0 Å². The van der Waals surface area contributed by atoms with Gasteiger partial charge in [-0.05, 0) is 62.8 Å². The molecule has 0 unspecified atom stereocenters. The zero-order valence-electron chi connectivity index (χ0n) is 19.4. The summed E-state index contributed by atoms with van der Waals surface area (Å²) in [5, 5.41) is 5.00. The number of thiophene rings is 1. The first-order valence-corrected chi connectivity index (χ1v) is 11.8. The molecule has 2 aromatic rings. The molecule has 1 aliphatic heterocycles. The number of fused-ring (bicyclic) bond motifs is 1. The maximum absolute atomic E-state index is 13.4. The van der Waals surface area contributed by atoms with Crippen LogP contribution in [0, 0.1) is 6.92 Å². The molecule has 3 amide bonds. The number of urea groups is 1. The van der Waals surface area contributed by atoms with Gasteiger partial charge in [0.1, 0.15) is 18.9 Å². The molecule has 0 aliphatic carbocycles. The molecular formula is C25H33N3O3S. The molecule has 1 N–H and O–H groups in total. The Morgan fingerprint density at radius 2 is 2.06 bits per heavy atom. The van der Waals surface area contributed by atoms with Gasteiger partial charge in [0.25, 0.3) is 0 Å². The molecule has 0 radical (unpaired) electrons. The van der Waals surface area contributed by atoms with Crippen LogP contribution in [0.1, 0.15) is 42.8 Å². The maximum Gasteiger partial charge on any atom is 0.318 e. The lowest BCUT2D eigenvalue weighted by molar-refractivity contribution is -0.135. The van der Waals surface area contributed by atoms with Crippen molar-refractivity contribution < 1.29 is 14.3 Å². The molecule has 3 rings (SSSR count). The van der Waals surface area contributed by atoms with Gasteiger partial charge in [-0.3, -0.25) is 4.79 Å². The predicted octanol–water partition coefficient (Wildman–Crippen LogP) is 4.56. The lowest BCUT2D eigenvalue weighted by Crippen LogP contribution is -2.53. The molecule has 6 nitrogen and oxygen atoms in total. The van der Waals surface area contributed by atoms with Gasteiger partial charge in [-0.15, -0.1) is 17.9 Å². The van der Waals surface area contributed by atoms with E-state index in [0.29, 0.717) is 19.7 Å². The highest BCUT2D eigenvalue weighted by atomic mass is 32.1. The van der Waals surface area contributed by atoms with Crippen molar-refractivity contribution in [3.8, 4) is 5.75 Å². The zero-order chi connectivity index (χ0) is 23.3. The van der Waals surface area contributed by atoms with Crippen molar-refractivity contribution in [2.24, 2.45) is 0 Å². The molecule has 0 saturated heterocycles. The number of nitrogens with one attached hydrogen (secondary N) is 1. The van der Waals surface area contributed by atoms with Gasteiger partial charge in [-0.2, -0.15) is 0 Å². The topological polar surface area (TPSA) is 61.9 Å². The van der Waals surface area contributed by atoms with E-state index in [1.165, 1.54) is 9.78 Å². The Balaban J connectivity index is 1.77. The minimum atomic E-state index is -0.389. The summed E-state index contributed by atoms with van der Waals surface area (Å²) in [5.74, 6) is 0.728. The van der Waals surface area contributed by atoms with Gasteiger partial charge >= 0.3 is 6.03 Å². The smallest absolute Gasteiger partial charge is 0.318 e. The lowest BCUT2D eigenvalue weighted by Gasteiger charge is -2.37. The molecule has 0 bridgehead atoms. The van der Waals surface area contributed by atoms with Crippen molar-refractivity contribution in [3.05, 3.63) is 64.4 Å². The van der Waals surface area contributed by atoms with Crippen molar-refractivity contribution in [1.82, 2.24) is 15.1 Å². The minimum Gasteiger partial charge on any atom is -0.491 e. The largest absolute Gasteiger partial charge is 0.491 e. The Hall–Kier alpha value is -2.80. The number of carbonyl (C=O) groups is 2. The lowest BCUT2D eigenvalue weighted by atomic mass is 10.0. The van der Waals surface area contributed by atoms with Gasteiger partial charge in [-0.25, -0.2) is 4.79 Å². The Morgan fingerprint density at radius 3 is 2.75 bits per heavy atom. The second-order valence-corrected chi connectivity index (χ2v) is 10.1. The predicted molar refractivity (Wildman–Crippen MR) is 129 cm³/mol. The summed E-state index contributed by atoms with van der Waals surface area (Å²) in [7, 11) is 0. The summed E-state index contributed by atoms with van der Waals surface area (Å²) in [4.78, 5) is 30.8. The van der Waals surface area contributed by atoms with Gasteiger partial charge in [0.15, 0.2) is 0 Å². The van der Waals surface area contributed by atoms with Crippen molar-refractivity contribution >= 4 is 23.3 Å². The average molecular weight is 456 g/mol. The number of para-hydroxylation sites is 1. The highest BCUT2D eigenvalue weighted by molar-refractivity contribution is 7.10. The first-order valence-electron chi connectivity index (χ1n) is 10.9. The number of carbonyl (C=O) groups excluding carboxylic acids is 2. The first-order chi connectivity index (χ1) is 15.2. The van der Waals surface area contributed by atoms with Crippen LogP contribution in [0.5, 0.6) is 5.75 Å². The summed E-state index contributed by atoms with van der Waals surface area (Å²) in [6.07, 6.45) is 2.46. The fourth-order valence-corrected chi connectivity index (χ4v) is 4.72. The van der Waals surface area contributed by atoms with Crippen LogP contribution in [0.3, 0.4) is 0 Å². The fraction of sp³-hybridized carbons (Fsp3) is 0.440. The van der Waals surface area contributed by atoms with Gasteiger partial charge in [0.2, 0.25) is 5.91 Å². The SMILES string of the molecule is C=CCN(CC(=O)N1CCc2sccc2[C@@H]1COc1ccccc1C)C(=O)NC(C)(C)C. The number of ether oxygens (including phenoxy) is 1. The number of hydrogen-bond acceptors (Lipinski definition) is 4. The van der Waals surface area contributed by atoms with E-state index in [0.717, 1.165) is 23.3 Å². The second kappa shape index (κ2) is 10.2. The molecule has 1 aromatic heterocycles. The molecule has 32 heavy (non-hydrogen) atoms. The molecule has 1 aliphatic rings. The third-order valence-electron chi connectivity index (χ3n) is 5.35. The number of aryl methyl sites for hydroxylation is 1. The van der Waals surface area contributed by atoms with Gasteiger partial charge in [0, 0.05) is 23.5 Å². The highest BCUT2D eigenvalue weighted by Gasteiger charge is 2.33. The van der Waals surface area contributed by atoms with Crippen LogP contribution >= 0.6 is 11.3 Å². The van der Waals surface area contributed by atoms with Crippen molar-refractivity contribution in [2.75, 3.05) is 26.2 Å². The zero-order valence-corrected chi connectivity index (χ0v) is 20.2. The molecule has 2 heterocycles. The first kappa shape index (κ1) is 23.9. The molecular weight excluding hydrogens is 422 g/mol. The van der Waals surface area contributed by atoms with Crippen LogP contribution in [0.2, 0.25) is 0 Å². The van der Waals surface area contributed by atoms with E-state index < -0.39 is 0 Å². The Kier molecular flexibility index (Phi) is 7.61. The minimum absolute atomic E-state index is 0.00569. The third-order valence-corrected chi connectivity index (χ3v) is 6.35. The van der Waals surface area contributed by atoms with E-state index in [-0.39, 0.29) is 30.1 Å². The normalized spacial score (nSPS) is 15.6. The van der Waals surface area contributed by atoms with Crippen molar-refractivity contribution in [2.45, 2.75) is 45.7 Å². The molecule has 7 heteroatoms. The van der Waals surface area contributed by atoms with Crippen LogP contribution in [0.15, 0.2) is 48.4 Å². The van der Waals surface area contributed by atoms with E-state index in [4.69, 9.17) is 4.74 Å². The van der Waals surface area contributed by atoms with E-state index in [9.17, 15) is 9.59 Å². The summed E-state index contributed by atoms with van der Waals surface area (Å²) in [6, 6.07) is 9.51. The standard InChI is InChI=1S/C25H33N3O3S/c1-6-13-27(24(30)26-25(3,4)5)16-23(29)28-14-11-22-19(12-15-32-22)20(28)17-31-21-10-8-7-9-18(21)2/h6-10,12,15,20H,1,11,13-14,16-17H2,2-5H3,(H,26,30)/t20-/m0/s1. The highest BCUT2D eigenvalue weighted by Crippen LogP contribution is 2.34. The Labute approximate surface area is 194 Å². The second-order valence-electron chi connectivity index (χ2n) is 9.08. The van der Waals surface area contributed by atoms with E-state index >= 15 is 0 Å². The fourth-order valence-electron chi connectivity index (χ4n) is 3.79. The molecule has 0 saturated carbocycles. The number of amides is 3. The van der Waals surface area contributed by atoms with Gasteiger partial charge in [0.05, 0.1) is 6.04 Å². The molecule has 172 valence electrons. The Morgan fingerprint density at radius 1 is 1.31 bits per heavy atom. The number of nitrogens with zero attached hydrogens (tertiary/aromatic N) is 2. The van der Waals surface area contributed by atoms with Crippen LogP contribution < -0.4 is 10.1 Å². The number of rotatable bonds is 7. The maximum atomic E-state index is 13.4. The van der Waals surface area contributed by atoms with Crippen molar-refractivity contribution in [3.63, 3.8) is 0 Å². The average Bonchev–Trinajstić information content (AvgIpc) is 3.20. The third kappa shape index (κ3) is 5.91. The summed E-state index contributed by atoms with van der Waals surface area (Å²) >= 11 is 1.72. The molecule has 0 spiro atoms. The van der Waals surface area contributed by atoms with E-state index in [2.05, 4.69) is 23.3 Å². The summed E-state index contributed by atoms with van der Waals surface area (Å²) in [5.41, 5.74) is 1.81. The quantitative estimate of drug-likeness (QED) is 0.623.